The van der Waals surface area contributed by atoms with Crippen LogP contribution >= 0.6 is 11.6 Å². The second-order valence-electron chi connectivity index (χ2n) is 5.07. The Kier molecular flexibility index (Phi) is 5.38. The van der Waals surface area contributed by atoms with E-state index in [2.05, 4.69) is 20.5 Å². The van der Waals surface area contributed by atoms with E-state index in [1.54, 1.807) is 0 Å². The van der Waals surface area contributed by atoms with Crippen LogP contribution in [0.15, 0.2) is 6.20 Å². The van der Waals surface area contributed by atoms with Gasteiger partial charge in [-0.2, -0.15) is 23.3 Å². The highest BCUT2D eigenvalue weighted by atomic mass is 35.5. The lowest BCUT2D eigenvalue weighted by Crippen LogP contribution is -2.52. The van der Waals surface area contributed by atoms with Crippen LogP contribution in [0.25, 0.3) is 0 Å². The first-order valence-electron chi connectivity index (χ1n) is 6.85. The van der Waals surface area contributed by atoms with E-state index >= 15 is 0 Å². The van der Waals surface area contributed by atoms with Crippen molar-refractivity contribution in [3.05, 3.63) is 11.5 Å². The number of carbonyl (C=O) groups excluding carboxylic acids is 1. The smallest absolute Gasteiger partial charge is 0.341 e. The van der Waals surface area contributed by atoms with Gasteiger partial charge in [0.25, 0.3) is 0 Å². The van der Waals surface area contributed by atoms with Crippen LogP contribution in [0.2, 0.25) is 5.28 Å². The van der Waals surface area contributed by atoms with Crippen molar-refractivity contribution in [1.82, 2.24) is 20.5 Å². The Morgan fingerprint density at radius 3 is 2.59 bits per heavy atom. The predicted octanol–water partition coefficient (Wildman–Crippen LogP) is 2.52. The van der Waals surface area contributed by atoms with Crippen LogP contribution in [-0.2, 0) is 4.79 Å². The van der Waals surface area contributed by atoms with Gasteiger partial charge in [-0.3, -0.25) is 4.79 Å². The number of nitrogens with one attached hydrogen (secondary N) is 2. The van der Waals surface area contributed by atoms with Gasteiger partial charge < -0.3 is 10.6 Å². The van der Waals surface area contributed by atoms with E-state index in [-0.39, 0.29) is 17.0 Å². The molecule has 10 heteroatoms. The van der Waals surface area contributed by atoms with Gasteiger partial charge in [0, 0.05) is 5.92 Å². The molecule has 1 aliphatic carbocycles. The molecule has 1 fully saturated rings. The van der Waals surface area contributed by atoms with Gasteiger partial charge in [-0.25, -0.2) is 0 Å². The number of carbonyl (C=O) groups is 1. The molecule has 2 rings (SSSR count). The zero-order valence-electron chi connectivity index (χ0n) is 11.5. The van der Waals surface area contributed by atoms with Crippen LogP contribution in [0.3, 0.4) is 0 Å². The number of aromatic nitrogens is 3. The average molecular weight is 338 g/mol. The van der Waals surface area contributed by atoms with Gasteiger partial charge in [-0.05, 0) is 24.4 Å². The molecule has 0 bridgehead atoms. The lowest BCUT2D eigenvalue weighted by atomic mass is 9.88. The summed E-state index contributed by atoms with van der Waals surface area (Å²) in [5.74, 6) is -1.21. The fraction of sp³-hybridized carbons (Fsp3) is 0.667. The number of alkyl halides is 3. The highest BCUT2D eigenvalue weighted by molar-refractivity contribution is 6.28. The molecular weight excluding hydrogens is 323 g/mol. The fourth-order valence-electron chi connectivity index (χ4n) is 2.32. The molecule has 122 valence electrons. The standard InChI is InChI=1S/C12H15ClF3N5O/c13-11-19-8(6-17-21-11)18-10(12(14,15)16)20-9(22)7-4-2-1-3-5-7/h6-7,10H,1-5H2,(H,20,22)(H,18,19,21). The highest BCUT2D eigenvalue weighted by Crippen LogP contribution is 2.26. The molecular formula is C12H15ClF3N5O. The van der Waals surface area contributed by atoms with E-state index in [1.165, 1.54) is 0 Å². The Morgan fingerprint density at radius 2 is 2.00 bits per heavy atom. The monoisotopic (exact) mass is 337 g/mol. The first kappa shape index (κ1) is 16.7. The van der Waals surface area contributed by atoms with Crippen LogP contribution < -0.4 is 10.6 Å². The summed E-state index contributed by atoms with van der Waals surface area (Å²) in [6, 6.07) is 0. The zero-order chi connectivity index (χ0) is 16.2. The number of amides is 1. The summed E-state index contributed by atoms with van der Waals surface area (Å²) < 4.78 is 39.2. The molecule has 2 N–H and O–H groups in total. The molecule has 0 saturated heterocycles. The third-order valence-corrected chi connectivity index (χ3v) is 3.58. The summed E-state index contributed by atoms with van der Waals surface area (Å²) in [6.07, 6.45) is -2.00. The number of hydrogen-bond donors (Lipinski definition) is 2. The Balaban J connectivity index is 2.04. The lowest BCUT2D eigenvalue weighted by molar-refractivity contribution is -0.157. The summed E-state index contributed by atoms with van der Waals surface area (Å²) in [6.45, 7) is 0. The molecule has 1 saturated carbocycles. The van der Waals surface area contributed by atoms with Crippen molar-refractivity contribution < 1.29 is 18.0 Å². The quantitative estimate of drug-likeness (QED) is 0.825. The van der Waals surface area contributed by atoms with E-state index < -0.39 is 18.2 Å². The normalized spacial score (nSPS) is 17.8. The summed E-state index contributed by atoms with van der Waals surface area (Å²) in [4.78, 5) is 15.6. The van der Waals surface area contributed by atoms with Gasteiger partial charge in [0.05, 0.1) is 6.20 Å². The van der Waals surface area contributed by atoms with E-state index in [0.29, 0.717) is 12.8 Å². The van der Waals surface area contributed by atoms with Crippen LogP contribution in [0.4, 0.5) is 19.0 Å². The third kappa shape index (κ3) is 4.69. The maximum absolute atomic E-state index is 13.1. The Labute approximate surface area is 129 Å². The lowest BCUT2D eigenvalue weighted by Gasteiger charge is -2.27. The van der Waals surface area contributed by atoms with E-state index in [0.717, 1.165) is 25.5 Å². The number of halogens is 4. The topological polar surface area (TPSA) is 79.8 Å². The minimum Gasteiger partial charge on any atom is -0.341 e. The summed E-state index contributed by atoms with van der Waals surface area (Å²) >= 11 is 5.48. The Hall–Kier alpha value is -1.64. The van der Waals surface area contributed by atoms with Crippen molar-refractivity contribution in [2.45, 2.75) is 44.4 Å². The van der Waals surface area contributed by atoms with Gasteiger partial charge in [0.15, 0.2) is 12.0 Å². The molecule has 6 nitrogen and oxygen atoms in total. The highest BCUT2D eigenvalue weighted by Gasteiger charge is 2.42. The maximum Gasteiger partial charge on any atom is 0.427 e. The molecule has 1 aromatic heterocycles. The van der Waals surface area contributed by atoms with Crippen molar-refractivity contribution in [3.8, 4) is 0 Å². The first-order chi connectivity index (χ1) is 10.4. The molecule has 1 atom stereocenters. The number of rotatable bonds is 4. The fourth-order valence-corrected chi connectivity index (χ4v) is 2.46. The SMILES string of the molecule is O=C(NC(Nc1cnnc(Cl)n1)C(F)(F)F)C1CCCCC1. The van der Waals surface area contributed by atoms with Crippen molar-refractivity contribution in [1.29, 1.82) is 0 Å². The van der Waals surface area contributed by atoms with Gasteiger partial charge in [-0.15, -0.1) is 5.10 Å². The van der Waals surface area contributed by atoms with Gasteiger partial charge in [0.2, 0.25) is 11.2 Å². The van der Waals surface area contributed by atoms with Crippen LogP contribution in [0, 0.1) is 5.92 Å². The van der Waals surface area contributed by atoms with Gasteiger partial charge in [-0.1, -0.05) is 19.3 Å². The van der Waals surface area contributed by atoms with Crippen LogP contribution in [0.1, 0.15) is 32.1 Å². The summed E-state index contributed by atoms with van der Waals surface area (Å²) in [5, 5.41) is 10.5. The Bertz CT molecular complexity index is 522. The zero-order valence-corrected chi connectivity index (χ0v) is 12.3. The van der Waals surface area contributed by atoms with Crippen molar-refractivity contribution in [2.75, 3.05) is 5.32 Å². The molecule has 0 radical (unpaired) electrons. The minimum atomic E-state index is -4.68. The molecule has 1 unspecified atom stereocenters. The second kappa shape index (κ2) is 7.08. The number of nitrogens with zero attached hydrogens (tertiary/aromatic N) is 3. The summed E-state index contributed by atoms with van der Waals surface area (Å²) in [7, 11) is 0. The molecule has 1 amide bonds. The van der Waals surface area contributed by atoms with Crippen molar-refractivity contribution >= 4 is 23.3 Å². The predicted molar refractivity (Wildman–Crippen MR) is 73.0 cm³/mol. The molecule has 1 aromatic rings. The van der Waals surface area contributed by atoms with Gasteiger partial charge in [0.1, 0.15) is 0 Å². The summed E-state index contributed by atoms with van der Waals surface area (Å²) in [5.41, 5.74) is 0. The second-order valence-corrected chi connectivity index (χ2v) is 5.41. The molecule has 0 aromatic carbocycles. The van der Waals surface area contributed by atoms with Gasteiger partial charge >= 0.3 is 6.18 Å². The molecule has 0 aliphatic heterocycles. The van der Waals surface area contributed by atoms with E-state index in [9.17, 15) is 18.0 Å². The van der Waals surface area contributed by atoms with E-state index in [4.69, 9.17) is 11.6 Å². The van der Waals surface area contributed by atoms with Crippen molar-refractivity contribution in [3.63, 3.8) is 0 Å². The maximum atomic E-state index is 13.1. The Morgan fingerprint density at radius 1 is 1.32 bits per heavy atom. The van der Waals surface area contributed by atoms with E-state index in [1.807, 2.05) is 5.32 Å². The van der Waals surface area contributed by atoms with Crippen molar-refractivity contribution in [2.24, 2.45) is 5.92 Å². The average Bonchev–Trinajstić information content (AvgIpc) is 2.46. The number of anilines is 1. The third-order valence-electron chi connectivity index (χ3n) is 3.42. The first-order valence-corrected chi connectivity index (χ1v) is 7.23. The molecule has 0 spiro atoms. The molecule has 1 aliphatic rings. The molecule has 22 heavy (non-hydrogen) atoms. The minimum absolute atomic E-state index is 0.216. The largest absolute Gasteiger partial charge is 0.427 e. The number of hydrogen-bond acceptors (Lipinski definition) is 5. The van der Waals surface area contributed by atoms with Crippen LogP contribution in [0.5, 0.6) is 0 Å². The molecule has 1 heterocycles. The van der Waals surface area contributed by atoms with Crippen LogP contribution in [-0.4, -0.2) is 33.4 Å².